The van der Waals surface area contributed by atoms with Gasteiger partial charge in [0.1, 0.15) is 5.75 Å². The van der Waals surface area contributed by atoms with E-state index in [1.54, 1.807) is 0 Å². The number of benzene rings is 1. The molecular formula is C14H22N2O2. The zero-order chi connectivity index (χ0) is 12.6. The van der Waals surface area contributed by atoms with Gasteiger partial charge in [0.05, 0.1) is 19.3 Å². The molecule has 0 aliphatic carbocycles. The highest BCUT2D eigenvalue weighted by molar-refractivity contribution is 5.46. The maximum absolute atomic E-state index is 5.64. The first-order valence-electron chi connectivity index (χ1n) is 6.67. The summed E-state index contributed by atoms with van der Waals surface area (Å²) < 4.78 is 11.0. The van der Waals surface area contributed by atoms with Crippen LogP contribution in [-0.4, -0.2) is 39.0 Å². The van der Waals surface area contributed by atoms with Crippen molar-refractivity contribution >= 4 is 5.69 Å². The van der Waals surface area contributed by atoms with E-state index in [0.717, 1.165) is 44.1 Å². The van der Waals surface area contributed by atoms with Crippen LogP contribution in [0.2, 0.25) is 0 Å². The second-order valence-electron chi connectivity index (χ2n) is 4.37. The monoisotopic (exact) mass is 250 g/mol. The molecule has 1 aromatic rings. The molecule has 2 rings (SSSR count). The number of nitrogens with one attached hydrogen (secondary N) is 2. The summed E-state index contributed by atoms with van der Waals surface area (Å²) in [6.07, 6.45) is 1.37. The fourth-order valence-corrected chi connectivity index (χ4v) is 2.02. The molecule has 0 saturated carbocycles. The summed E-state index contributed by atoms with van der Waals surface area (Å²) in [5, 5.41) is 6.73. The third-order valence-corrected chi connectivity index (χ3v) is 2.97. The van der Waals surface area contributed by atoms with Crippen molar-refractivity contribution in [2.24, 2.45) is 0 Å². The van der Waals surface area contributed by atoms with Crippen molar-refractivity contribution in [2.75, 3.05) is 38.2 Å². The van der Waals surface area contributed by atoms with Crippen molar-refractivity contribution in [2.45, 2.75) is 19.4 Å². The third-order valence-electron chi connectivity index (χ3n) is 2.97. The van der Waals surface area contributed by atoms with Crippen molar-refractivity contribution in [3.8, 4) is 5.75 Å². The zero-order valence-electron chi connectivity index (χ0n) is 10.9. The molecule has 2 N–H and O–H groups in total. The quantitative estimate of drug-likeness (QED) is 0.809. The van der Waals surface area contributed by atoms with Crippen LogP contribution in [0.5, 0.6) is 5.75 Å². The molecule has 0 aromatic heterocycles. The molecule has 18 heavy (non-hydrogen) atoms. The van der Waals surface area contributed by atoms with Crippen LogP contribution in [0, 0.1) is 0 Å². The highest BCUT2D eigenvalue weighted by atomic mass is 16.5. The molecule has 1 unspecified atom stereocenters. The van der Waals surface area contributed by atoms with Gasteiger partial charge >= 0.3 is 0 Å². The summed E-state index contributed by atoms with van der Waals surface area (Å²) >= 11 is 0. The van der Waals surface area contributed by atoms with Gasteiger partial charge in [0, 0.05) is 25.3 Å². The van der Waals surface area contributed by atoms with E-state index < -0.39 is 0 Å². The topological polar surface area (TPSA) is 42.5 Å². The van der Waals surface area contributed by atoms with Crippen molar-refractivity contribution in [3.05, 3.63) is 24.3 Å². The first-order valence-corrected chi connectivity index (χ1v) is 6.67. The molecule has 1 heterocycles. The van der Waals surface area contributed by atoms with Gasteiger partial charge in [-0.1, -0.05) is 0 Å². The van der Waals surface area contributed by atoms with Crippen LogP contribution < -0.4 is 15.4 Å². The summed E-state index contributed by atoms with van der Waals surface area (Å²) in [6, 6.07) is 8.07. The molecule has 100 valence electrons. The van der Waals surface area contributed by atoms with E-state index in [1.807, 2.05) is 31.2 Å². The van der Waals surface area contributed by atoms with Crippen LogP contribution in [0.3, 0.4) is 0 Å². The molecule has 0 bridgehead atoms. The van der Waals surface area contributed by atoms with Gasteiger partial charge in [-0.25, -0.2) is 0 Å². The van der Waals surface area contributed by atoms with E-state index in [2.05, 4.69) is 10.6 Å². The Balaban J connectivity index is 1.69. The van der Waals surface area contributed by atoms with E-state index in [4.69, 9.17) is 9.47 Å². The lowest BCUT2D eigenvalue weighted by Gasteiger charge is -2.23. The van der Waals surface area contributed by atoms with Crippen molar-refractivity contribution < 1.29 is 9.47 Å². The molecular weight excluding hydrogens is 228 g/mol. The molecule has 1 atom stereocenters. The number of morpholine rings is 1. The Bertz CT molecular complexity index is 334. The molecule has 1 fully saturated rings. The van der Waals surface area contributed by atoms with Crippen molar-refractivity contribution in [1.29, 1.82) is 0 Å². The summed E-state index contributed by atoms with van der Waals surface area (Å²) in [7, 11) is 0. The first-order chi connectivity index (χ1) is 8.88. The molecule has 1 aliphatic heterocycles. The molecule has 1 aliphatic rings. The summed E-state index contributed by atoms with van der Waals surface area (Å²) in [4.78, 5) is 0. The smallest absolute Gasteiger partial charge is 0.119 e. The minimum absolute atomic E-state index is 0.342. The Morgan fingerprint density at radius 1 is 1.39 bits per heavy atom. The average Bonchev–Trinajstić information content (AvgIpc) is 2.42. The van der Waals surface area contributed by atoms with Crippen LogP contribution in [-0.2, 0) is 4.74 Å². The van der Waals surface area contributed by atoms with Gasteiger partial charge in [-0.15, -0.1) is 0 Å². The highest BCUT2D eigenvalue weighted by Crippen LogP contribution is 2.15. The predicted molar refractivity (Wildman–Crippen MR) is 73.3 cm³/mol. The minimum Gasteiger partial charge on any atom is -0.494 e. The molecule has 1 saturated heterocycles. The molecule has 0 spiro atoms. The van der Waals surface area contributed by atoms with Gasteiger partial charge in [-0.3, -0.25) is 0 Å². The lowest BCUT2D eigenvalue weighted by atomic mass is 10.2. The average molecular weight is 250 g/mol. The number of rotatable bonds is 6. The fourth-order valence-electron chi connectivity index (χ4n) is 2.02. The maximum Gasteiger partial charge on any atom is 0.119 e. The van der Waals surface area contributed by atoms with Gasteiger partial charge in [0.2, 0.25) is 0 Å². The Labute approximate surface area is 109 Å². The van der Waals surface area contributed by atoms with Gasteiger partial charge in [-0.05, 0) is 37.6 Å². The van der Waals surface area contributed by atoms with Crippen molar-refractivity contribution in [3.63, 3.8) is 0 Å². The Kier molecular flexibility index (Phi) is 5.30. The van der Waals surface area contributed by atoms with Crippen LogP contribution in [0.25, 0.3) is 0 Å². The summed E-state index contributed by atoms with van der Waals surface area (Å²) in [5.74, 6) is 0.919. The lowest BCUT2D eigenvalue weighted by molar-refractivity contribution is 0.0258. The van der Waals surface area contributed by atoms with Crippen LogP contribution in [0.15, 0.2) is 24.3 Å². The predicted octanol–water partition coefficient (Wildman–Crippen LogP) is 1.88. The van der Waals surface area contributed by atoms with Crippen LogP contribution in [0.4, 0.5) is 5.69 Å². The number of ether oxygens (including phenoxy) is 2. The highest BCUT2D eigenvalue weighted by Gasteiger charge is 2.12. The number of anilines is 1. The molecule has 0 radical (unpaired) electrons. The summed E-state index contributed by atoms with van der Waals surface area (Å²) in [5.41, 5.74) is 1.13. The van der Waals surface area contributed by atoms with Gasteiger partial charge in [0.25, 0.3) is 0 Å². The van der Waals surface area contributed by atoms with E-state index in [0.29, 0.717) is 12.7 Å². The number of hydrogen-bond donors (Lipinski definition) is 2. The van der Waals surface area contributed by atoms with E-state index in [-0.39, 0.29) is 0 Å². The second-order valence-corrected chi connectivity index (χ2v) is 4.37. The molecule has 4 heteroatoms. The Morgan fingerprint density at radius 2 is 2.22 bits per heavy atom. The molecule has 1 aromatic carbocycles. The standard InChI is InChI=1S/C14H22N2O2/c1-2-17-13-5-3-12(4-6-13)16-8-7-14-11-15-9-10-18-14/h3-6,14-16H,2,7-11H2,1H3. The normalized spacial score (nSPS) is 19.5. The van der Waals surface area contributed by atoms with Gasteiger partial charge < -0.3 is 20.1 Å². The van der Waals surface area contributed by atoms with E-state index in [9.17, 15) is 0 Å². The minimum atomic E-state index is 0.342. The van der Waals surface area contributed by atoms with Crippen LogP contribution in [0.1, 0.15) is 13.3 Å². The fraction of sp³-hybridized carbons (Fsp3) is 0.571. The van der Waals surface area contributed by atoms with Gasteiger partial charge in [-0.2, -0.15) is 0 Å². The zero-order valence-corrected chi connectivity index (χ0v) is 10.9. The maximum atomic E-state index is 5.64. The largest absolute Gasteiger partial charge is 0.494 e. The van der Waals surface area contributed by atoms with Crippen LogP contribution >= 0.6 is 0 Å². The third kappa shape index (κ3) is 4.20. The Morgan fingerprint density at radius 3 is 2.89 bits per heavy atom. The first kappa shape index (κ1) is 13.2. The van der Waals surface area contributed by atoms with Crippen molar-refractivity contribution in [1.82, 2.24) is 5.32 Å². The van der Waals surface area contributed by atoms with E-state index in [1.165, 1.54) is 0 Å². The summed E-state index contributed by atoms with van der Waals surface area (Å²) in [6.45, 7) is 6.39. The van der Waals surface area contributed by atoms with E-state index >= 15 is 0 Å². The Hall–Kier alpha value is -1.26. The second kappa shape index (κ2) is 7.24. The SMILES string of the molecule is CCOc1ccc(NCCC2CNCCO2)cc1. The molecule has 4 nitrogen and oxygen atoms in total. The number of hydrogen-bond acceptors (Lipinski definition) is 4. The lowest BCUT2D eigenvalue weighted by Crippen LogP contribution is -2.39. The molecule has 0 amide bonds. The van der Waals surface area contributed by atoms with Gasteiger partial charge in [0.15, 0.2) is 0 Å².